The Hall–Kier alpha value is -0.0700. The van der Waals surface area contributed by atoms with E-state index in [0.717, 1.165) is 23.7 Å². The average molecular weight is 264 g/mol. The van der Waals surface area contributed by atoms with Gasteiger partial charge in [0.1, 0.15) is 5.67 Å². The number of halogens is 1. The highest BCUT2D eigenvalue weighted by Gasteiger charge is 2.60. The van der Waals surface area contributed by atoms with E-state index in [0.29, 0.717) is 11.8 Å². The van der Waals surface area contributed by atoms with Crippen LogP contribution in [0.3, 0.4) is 0 Å². The minimum absolute atomic E-state index is 0.413. The second-order valence-electron chi connectivity index (χ2n) is 8.25. The molecule has 0 bridgehead atoms. The molecule has 0 nitrogen and oxygen atoms in total. The normalized spacial score (nSPS) is 57.2. The van der Waals surface area contributed by atoms with Gasteiger partial charge in [-0.05, 0) is 68.1 Å². The van der Waals surface area contributed by atoms with Crippen molar-refractivity contribution in [3.8, 4) is 0 Å². The molecule has 4 aliphatic carbocycles. The van der Waals surface area contributed by atoms with Crippen LogP contribution in [0.15, 0.2) is 0 Å². The first-order chi connectivity index (χ1) is 9.18. The molecule has 0 aromatic rings. The maximum atomic E-state index is 15.4. The van der Waals surface area contributed by atoms with E-state index in [1.165, 1.54) is 64.2 Å². The summed E-state index contributed by atoms with van der Waals surface area (Å²) < 4.78 is 15.4. The van der Waals surface area contributed by atoms with Gasteiger partial charge >= 0.3 is 0 Å². The van der Waals surface area contributed by atoms with Gasteiger partial charge in [-0.3, -0.25) is 0 Å². The summed E-state index contributed by atoms with van der Waals surface area (Å²) in [4.78, 5) is 0. The Bertz CT molecular complexity index is 348. The minimum Gasteiger partial charge on any atom is -0.244 e. The molecule has 19 heavy (non-hydrogen) atoms. The molecule has 4 saturated carbocycles. The van der Waals surface area contributed by atoms with E-state index in [-0.39, 0.29) is 0 Å². The molecule has 0 N–H and O–H groups in total. The third-order valence-corrected chi connectivity index (χ3v) is 7.53. The van der Waals surface area contributed by atoms with E-state index in [1.54, 1.807) is 0 Å². The van der Waals surface area contributed by atoms with Crippen molar-refractivity contribution >= 4 is 0 Å². The molecule has 0 aromatic heterocycles. The predicted octanol–water partition coefficient (Wildman–Crippen LogP) is 5.37. The molecule has 4 rings (SSSR count). The Labute approximate surface area is 117 Å². The molecule has 0 spiro atoms. The molecule has 108 valence electrons. The van der Waals surface area contributed by atoms with Crippen LogP contribution in [0.5, 0.6) is 0 Å². The standard InChI is InChI=1S/C18H29F/c1-18(19)16-9-5-4-8-14(16)15-10-12-6-2-3-7-13(12)11-17(15)18/h12-17H,2-11H2,1H3. The fourth-order valence-electron chi connectivity index (χ4n) is 6.69. The summed E-state index contributed by atoms with van der Waals surface area (Å²) in [5.74, 6) is 4.17. The third kappa shape index (κ3) is 1.83. The van der Waals surface area contributed by atoms with Gasteiger partial charge in [-0.1, -0.05) is 38.5 Å². The molecule has 7 unspecified atom stereocenters. The van der Waals surface area contributed by atoms with Crippen LogP contribution in [0.25, 0.3) is 0 Å². The highest BCUT2D eigenvalue weighted by atomic mass is 19.1. The van der Waals surface area contributed by atoms with Crippen LogP contribution < -0.4 is 0 Å². The van der Waals surface area contributed by atoms with Crippen molar-refractivity contribution in [2.45, 2.75) is 76.8 Å². The molecular formula is C18H29F. The Kier molecular flexibility index (Phi) is 2.97. The van der Waals surface area contributed by atoms with Crippen LogP contribution >= 0.6 is 0 Å². The fourth-order valence-corrected chi connectivity index (χ4v) is 6.69. The van der Waals surface area contributed by atoms with Gasteiger partial charge in [-0.2, -0.15) is 0 Å². The van der Waals surface area contributed by atoms with Crippen molar-refractivity contribution in [1.29, 1.82) is 0 Å². The zero-order chi connectivity index (χ0) is 13.0. The summed E-state index contributed by atoms with van der Waals surface area (Å²) in [6.45, 7) is 1.98. The van der Waals surface area contributed by atoms with E-state index in [1.807, 2.05) is 6.92 Å². The van der Waals surface area contributed by atoms with Crippen molar-refractivity contribution in [3.05, 3.63) is 0 Å². The van der Waals surface area contributed by atoms with Gasteiger partial charge in [-0.15, -0.1) is 0 Å². The van der Waals surface area contributed by atoms with Gasteiger partial charge in [0.2, 0.25) is 0 Å². The van der Waals surface area contributed by atoms with Gasteiger partial charge < -0.3 is 0 Å². The number of alkyl halides is 1. The molecule has 0 aliphatic heterocycles. The van der Waals surface area contributed by atoms with Crippen LogP contribution in [0.4, 0.5) is 4.39 Å². The molecule has 0 heterocycles. The van der Waals surface area contributed by atoms with Gasteiger partial charge in [0.05, 0.1) is 0 Å². The predicted molar refractivity (Wildman–Crippen MR) is 76.6 cm³/mol. The molecule has 1 heteroatoms. The summed E-state index contributed by atoms with van der Waals surface area (Å²) in [5.41, 5.74) is -0.835. The van der Waals surface area contributed by atoms with E-state index < -0.39 is 5.67 Å². The first kappa shape index (κ1) is 12.7. The highest BCUT2D eigenvalue weighted by Crippen LogP contribution is 2.63. The summed E-state index contributed by atoms with van der Waals surface area (Å²) in [6.07, 6.45) is 13.5. The Balaban J connectivity index is 1.62. The van der Waals surface area contributed by atoms with Crippen molar-refractivity contribution in [2.75, 3.05) is 0 Å². The maximum Gasteiger partial charge on any atom is 0.114 e. The number of hydrogen-bond donors (Lipinski definition) is 0. The maximum absolute atomic E-state index is 15.4. The summed E-state index contributed by atoms with van der Waals surface area (Å²) >= 11 is 0. The quantitative estimate of drug-likeness (QED) is 0.552. The van der Waals surface area contributed by atoms with Crippen LogP contribution in [0.1, 0.15) is 71.1 Å². The third-order valence-electron chi connectivity index (χ3n) is 7.53. The highest BCUT2D eigenvalue weighted by molar-refractivity contribution is 5.09. The average Bonchev–Trinajstić information content (AvgIpc) is 2.66. The molecular weight excluding hydrogens is 235 g/mol. The van der Waals surface area contributed by atoms with Crippen LogP contribution in [0, 0.1) is 35.5 Å². The summed E-state index contributed by atoms with van der Waals surface area (Å²) in [7, 11) is 0. The molecule has 7 atom stereocenters. The van der Waals surface area contributed by atoms with Crippen LogP contribution in [-0.4, -0.2) is 5.67 Å². The van der Waals surface area contributed by atoms with E-state index in [2.05, 4.69) is 0 Å². The molecule has 4 fully saturated rings. The van der Waals surface area contributed by atoms with Crippen molar-refractivity contribution in [1.82, 2.24) is 0 Å². The zero-order valence-corrected chi connectivity index (χ0v) is 12.4. The fraction of sp³-hybridized carbons (Fsp3) is 1.00. The first-order valence-electron chi connectivity index (χ1n) is 8.87. The number of hydrogen-bond acceptors (Lipinski definition) is 0. The molecule has 0 saturated heterocycles. The van der Waals surface area contributed by atoms with E-state index in [4.69, 9.17) is 0 Å². The summed E-state index contributed by atoms with van der Waals surface area (Å²) in [6, 6.07) is 0. The largest absolute Gasteiger partial charge is 0.244 e. The molecule has 0 aromatic carbocycles. The van der Waals surface area contributed by atoms with Gasteiger partial charge in [0, 0.05) is 0 Å². The second-order valence-corrected chi connectivity index (χ2v) is 8.25. The van der Waals surface area contributed by atoms with E-state index >= 15 is 4.39 Å². The lowest BCUT2D eigenvalue weighted by Gasteiger charge is -2.44. The van der Waals surface area contributed by atoms with Crippen LogP contribution in [-0.2, 0) is 0 Å². The van der Waals surface area contributed by atoms with Crippen LogP contribution in [0.2, 0.25) is 0 Å². The minimum atomic E-state index is -0.835. The van der Waals surface area contributed by atoms with Gasteiger partial charge in [-0.25, -0.2) is 4.39 Å². The topological polar surface area (TPSA) is 0 Å². The van der Waals surface area contributed by atoms with Crippen molar-refractivity contribution in [2.24, 2.45) is 35.5 Å². The monoisotopic (exact) mass is 264 g/mol. The van der Waals surface area contributed by atoms with Gasteiger partial charge in [0.15, 0.2) is 0 Å². The molecule has 0 radical (unpaired) electrons. The number of rotatable bonds is 0. The SMILES string of the molecule is CC1(F)C2CCCCC2C2CC3CCCCC3CC21. The lowest BCUT2D eigenvalue weighted by Crippen LogP contribution is -2.39. The number of fused-ring (bicyclic) bond motifs is 4. The smallest absolute Gasteiger partial charge is 0.114 e. The summed E-state index contributed by atoms with van der Waals surface area (Å²) in [5, 5.41) is 0. The second kappa shape index (κ2) is 4.46. The molecule has 4 aliphatic rings. The first-order valence-corrected chi connectivity index (χ1v) is 8.87. The Morgan fingerprint density at radius 1 is 0.737 bits per heavy atom. The van der Waals surface area contributed by atoms with Crippen molar-refractivity contribution in [3.63, 3.8) is 0 Å². The van der Waals surface area contributed by atoms with E-state index in [9.17, 15) is 0 Å². The Morgan fingerprint density at radius 3 is 2.16 bits per heavy atom. The Morgan fingerprint density at radius 2 is 1.37 bits per heavy atom. The lowest BCUT2D eigenvalue weighted by atomic mass is 9.61. The van der Waals surface area contributed by atoms with Crippen molar-refractivity contribution < 1.29 is 4.39 Å². The zero-order valence-electron chi connectivity index (χ0n) is 12.4. The molecule has 0 amide bonds. The van der Waals surface area contributed by atoms with Gasteiger partial charge in [0.25, 0.3) is 0 Å². The lowest BCUT2D eigenvalue weighted by molar-refractivity contribution is 0.00879.